The van der Waals surface area contributed by atoms with Crippen molar-refractivity contribution < 1.29 is 9.90 Å². The molecule has 12 heavy (non-hydrogen) atoms. The van der Waals surface area contributed by atoms with Crippen molar-refractivity contribution in [3.8, 4) is 0 Å². The Kier molecular flexibility index (Phi) is 3.53. The zero-order chi connectivity index (χ0) is 8.97. The van der Waals surface area contributed by atoms with Crippen molar-refractivity contribution in [2.75, 3.05) is 13.1 Å². The Morgan fingerprint density at radius 2 is 2.25 bits per heavy atom. The molecular formula is C9H17NO2. The Morgan fingerprint density at radius 3 is 2.92 bits per heavy atom. The summed E-state index contributed by atoms with van der Waals surface area (Å²) in [7, 11) is 0. The van der Waals surface area contributed by atoms with Gasteiger partial charge in [0.25, 0.3) is 0 Å². The maximum absolute atomic E-state index is 11.4. The quantitative estimate of drug-likeness (QED) is 0.666. The van der Waals surface area contributed by atoms with Gasteiger partial charge < -0.3 is 10.0 Å². The molecule has 0 aromatic carbocycles. The topological polar surface area (TPSA) is 40.5 Å². The lowest BCUT2D eigenvalue weighted by Gasteiger charge is -2.21. The first-order valence-corrected chi connectivity index (χ1v) is 4.66. The number of amides is 1. The molecule has 3 heteroatoms. The molecular weight excluding hydrogens is 154 g/mol. The molecule has 0 aromatic rings. The van der Waals surface area contributed by atoms with Crippen molar-refractivity contribution in [1.82, 2.24) is 4.90 Å². The minimum Gasteiger partial charge on any atom is -0.392 e. The Labute approximate surface area is 73.4 Å². The number of carbonyl (C=O) groups excluding carboxylic acids is 1. The number of rotatable bonds is 2. The van der Waals surface area contributed by atoms with E-state index in [0.29, 0.717) is 13.0 Å². The van der Waals surface area contributed by atoms with E-state index in [1.807, 2.05) is 0 Å². The minimum absolute atomic E-state index is 0.202. The molecule has 1 heterocycles. The maximum Gasteiger partial charge on any atom is 0.222 e. The van der Waals surface area contributed by atoms with Crippen LogP contribution in [0.1, 0.15) is 32.6 Å². The Bertz CT molecular complexity index is 157. The van der Waals surface area contributed by atoms with Gasteiger partial charge in [-0.15, -0.1) is 0 Å². The number of nitrogens with zero attached hydrogens (tertiary/aromatic N) is 1. The molecule has 0 aliphatic carbocycles. The van der Waals surface area contributed by atoms with Gasteiger partial charge in [0.1, 0.15) is 0 Å². The second-order valence-electron chi connectivity index (χ2n) is 3.50. The largest absolute Gasteiger partial charge is 0.392 e. The van der Waals surface area contributed by atoms with Gasteiger partial charge in [0.15, 0.2) is 0 Å². The highest BCUT2D eigenvalue weighted by atomic mass is 16.3. The van der Waals surface area contributed by atoms with Crippen LogP contribution < -0.4 is 0 Å². The molecule has 3 nitrogen and oxygen atoms in total. The van der Waals surface area contributed by atoms with Crippen LogP contribution in [-0.4, -0.2) is 35.1 Å². The van der Waals surface area contributed by atoms with Crippen LogP contribution in [-0.2, 0) is 4.79 Å². The summed E-state index contributed by atoms with van der Waals surface area (Å²) in [5.74, 6) is 0.202. The second-order valence-corrected chi connectivity index (χ2v) is 3.50. The molecule has 0 radical (unpaired) electrons. The average molecular weight is 171 g/mol. The van der Waals surface area contributed by atoms with E-state index in [1.54, 1.807) is 11.8 Å². The summed E-state index contributed by atoms with van der Waals surface area (Å²) < 4.78 is 0. The standard InChI is InChI=1S/C9H17NO2/c1-8(11)7-10-6-4-2-3-5-9(10)12/h8,11H,2-7H2,1H3/t8-/m0/s1. The van der Waals surface area contributed by atoms with Crippen molar-refractivity contribution >= 4 is 5.91 Å². The van der Waals surface area contributed by atoms with E-state index in [9.17, 15) is 4.79 Å². The molecule has 0 saturated carbocycles. The lowest BCUT2D eigenvalue weighted by Crippen LogP contribution is -2.35. The predicted octanol–water partition coefficient (Wildman–Crippen LogP) is 0.770. The first kappa shape index (κ1) is 9.52. The molecule has 0 unspecified atom stereocenters. The Hall–Kier alpha value is -0.570. The summed E-state index contributed by atoms with van der Waals surface area (Å²) >= 11 is 0. The Morgan fingerprint density at radius 1 is 1.50 bits per heavy atom. The zero-order valence-corrected chi connectivity index (χ0v) is 7.62. The van der Waals surface area contributed by atoms with E-state index >= 15 is 0 Å². The number of aliphatic hydroxyl groups is 1. The summed E-state index contributed by atoms with van der Waals surface area (Å²) in [5, 5.41) is 9.12. The van der Waals surface area contributed by atoms with Crippen LogP contribution in [0, 0.1) is 0 Å². The lowest BCUT2D eigenvalue weighted by atomic mass is 10.2. The third-order valence-corrected chi connectivity index (χ3v) is 2.16. The molecule has 1 atom stereocenters. The fraction of sp³-hybridized carbons (Fsp3) is 0.889. The summed E-state index contributed by atoms with van der Waals surface area (Å²) in [5.41, 5.74) is 0. The summed E-state index contributed by atoms with van der Waals surface area (Å²) in [6.45, 7) is 3.04. The van der Waals surface area contributed by atoms with Gasteiger partial charge in [-0.3, -0.25) is 4.79 Å². The van der Waals surface area contributed by atoms with E-state index in [0.717, 1.165) is 25.8 Å². The van der Waals surface area contributed by atoms with E-state index in [4.69, 9.17) is 5.11 Å². The molecule has 0 spiro atoms. The van der Waals surface area contributed by atoms with Crippen LogP contribution >= 0.6 is 0 Å². The first-order chi connectivity index (χ1) is 5.70. The van der Waals surface area contributed by atoms with E-state index in [2.05, 4.69) is 0 Å². The van der Waals surface area contributed by atoms with Crippen LogP contribution in [0.2, 0.25) is 0 Å². The van der Waals surface area contributed by atoms with Gasteiger partial charge in [-0.1, -0.05) is 6.42 Å². The number of likely N-dealkylation sites (tertiary alicyclic amines) is 1. The number of β-amino-alcohol motifs (C(OH)–C–C–N with tert-alkyl or cyclic N) is 1. The third-order valence-electron chi connectivity index (χ3n) is 2.16. The number of carbonyl (C=O) groups is 1. The fourth-order valence-electron chi connectivity index (χ4n) is 1.55. The third kappa shape index (κ3) is 2.81. The van der Waals surface area contributed by atoms with Gasteiger partial charge in [-0.2, -0.15) is 0 Å². The number of aliphatic hydroxyl groups excluding tert-OH is 1. The highest BCUT2D eigenvalue weighted by Crippen LogP contribution is 2.11. The summed E-state index contributed by atoms with van der Waals surface area (Å²) in [4.78, 5) is 13.1. The molecule has 1 amide bonds. The minimum atomic E-state index is -0.396. The smallest absolute Gasteiger partial charge is 0.222 e. The molecule has 1 fully saturated rings. The Balaban J connectivity index is 2.42. The predicted molar refractivity (Wildman–Crippen MR) is 46.7 cm³/mol. The van der Waals surface area contributed by atoms with Gasteiger partial charge in [-0.05, 0) is 19.8 Å². The summed E-state index contributed by atoms with van der Waals surface area (Å²) in [6.07, 6.45) is 3.49. The molecule has 0 aromatic heterocycles. The molecule has 1 aliphatic rings. The van der Waals surface area contributed by atoms with E-state index in [1.165, 1.54) is 0 Å². The fourth-order valence-corrected chi connectivity index (χ4v) is 1.55. The highest BCUT2D eigenvalue weighted by Gasteiger charge is 2.17. The van der Waals surface area contributed by atoms with Gasteiger partial charge >= 0.3 is 0 Å². The van der Waals surface area contributed by atoms with Crippen molar-refractivity contribution in [3.63, 3.8) is 0 Å². The van der Waals surface area contributed by atoms with Crippen LogP contribution in [0.5, 0.6) is 0 Å². The van der Waals surface area contributed by atoms with Crippen LogP contribution in [0.3, 0.4) is 0 Å². The van der Waals surface area contributed by atoms with Gasteiger partial charge in [0.2, 0.25) is 5.91 Å². The maximum atomic E-state index is 11.4. The van der Waals surface area contributed by atoms with Gasteiger partial charge in [0.05, 0.1) is 6.10 Å². The van der Waals surface area contributed by atoms with Crippen molar-refractivity contribution in [3.05, 3.63) is 0 Å². The summed E-state index contributed by atoms with van der Waals surface area (Å²) in [6, 6.07) is 0. The van der Waals surface area contributed by atoms with Crippen molar-refractivity contribution in [2.45, 2.75) is 38.7 Å². The zero-order valence-electron chi connectivity index (χ0n) is 7.62. The van der Waals surface area contributed by atoms with Crippen LogP contribution in [0.4, 0.5) is 0 Å². The molecule has 1 rings (SSSR count). The van der Waals surface area contributed by atoms with Crippen molar-refractivity contribution in [1.29, 1.82) is 0 Å². The molecule has 1 saturated heterocycles. The van der Waals surface area contributed by atoms with E-state index in [-0.39, 0.29) is 5.91 Å². The highest BCUT2D eigenvalue weighted by molar-refractivity contribution is 5.76. The second kappa shape index (κ2) is 4.45. The average Bonchev–Trinajstić information content (AvgIpc) is 2.16. The van der Waals surface area contributed by atoms with Gasteiger partial charge in [-0.25, -0.2) is 0 Å². The number of hydrogen-bond donors (Lipinski definition) is 1. The monoisotopic (exact) mass is 171 g/mol. The number of hydrogen-bond acceptors (Lipinski definition) is 2. The molecule has 0 bridgehead atoms. The molecule has 1 aliphatic heterocycles. The molecule has 1 N–H and O–H groups in total. The van der Waals surface area contributed by atoms with Crippen molar-refractivity contribution in [2.24, 2.45) is 0 Å². The van der Waals surface area contributed by atoms with Crippen LogP contribution in [0.15, 0.2) is 0 Å². The SMILES string of the molecule is C[C@H](O)CN1CCCCCC1=O. The first-order valence-electron chi connectivity index (χ1n) is 4.66. The lowest BCUT2D eigenvalue weighted by molar-refractivity contribution is -0.131. The van der Waals surface area contributed by atoms with E-state index < -0.39 is 6.10 Å². The van der Waals surface area contributed by atoms with Crippen LogP contribution in [0.25, 0.3) is 0 Å². The van der Waals surface area contributed by atoms with Gasteiger partial charge in [0, 0.05) is 19.5 Å². The normalized spacial score (nSPS) is 22.2. The molecule has 70 valence electrons.